The summed E-state index contributed by atoms with van der Waals surface area (Å²) in [7, 11) is 0. The minimum atomic E-state index is -4.50. The van der Waals surface area contributed by atoms with E-state index in [1.54, 1.807) is 0 Å². The predicted molar refractivity (Wildman–Crippen MR) is 62.3 cm³/mol. The molecule has 1 saturated carbocycles. The van der Waals surface area contributed by atoms with Gasteiger partial charge in [0, 0.05) is 31.7 Å². The Morgan fingerprint density at radius 3 is 2.56 bits per heavy atom. The van der Waals surface area contributed by atoms with E-state index in [4.69, 9.17) is 0 Å². The van der Waals surface area contributed by atoms with E-state index >= 15 is 0 Å². The van der Waals surface area contributed by atoms with E-state index in [0.717, 1.165) is 32.5 Å². The van der Waals surface area contributed by atoms with Gasteiger partial charge >= 0.3 is 6.36 Å². The lowest BCUT2D eigenvalue weighted by atomic mass is 9.80. The van der Waals surface area contributed by atoms with Crippen molar-refractivity contribution in [1.29, 1.82) is 0 Å². The van der Waals surface area contributed by atoms with Crippen LogP contribution in [-0.2, 0) is 4.74 Å². The van der Waals surface area contributed by atoms with Crippen molar-refractivity contribution in [2.75, 3.05) is 32.8 Å². The van der Waals surface area contributed by atoms with Gasteiger partial charge in [-0.05, 0) is 12.8 Å². The molecule has 2 aliphatic rings. The Morgan fingerprint density at radius 1 is 1.17 bits per heavy atom. The van der Waals surface area contributed by atoms with E-state index in [-0.39, 0.29) is 12.1 Å². The van der Waals surface area contributed by atoms with E-state index < -0.39 is 6.36 Å². The van der Waals surface area contributed by atoms with Crippen molar-refractivity contribution in [3.8, 4) is 0 Å². The smallest absolute Gasteiger partial charge is 0.309 e. The van der Waals surface area contributed by atoms with Crippen LogP contribution in [0.25, 0.3) is 0 Å². The Morgan fingerprint density at radius 2 is 1.89 bits per heavy atom. The highest BCUT2D eigenvalue weighted by atomic mass is 19.4. The second-order valence-electron chi connectivity index (χ2n) is 5.34. The van der Waals surface area contributed by atoms with Gasteiger partial charge in [0.15, 0.2) is 0 Å². The highest BCUT2D eigenvalue weighted by Crippen LogP contribution is 2.30. The molecule has 1 saturated heterocycles. The van der Waals surface area contributed by atoms with Gasteiger partial charge in [-0.15, -0.1) is 13.2 Å². The van der Waals surface area contributed by atoms with E-state index in [1.165, 1.54) is 19.3 Å². The lowest BCUT2D eigenvalue weighted by molar-refractivity contribution is -0.325. The maximum Gasteiger partial charge on any atom is 0.522 e. The molecule has 106 valence electrons. The molecule has 0 atom stereocenters. The van der Waals surface area contributed by atoms with E-state index in [0.29, 0.717) is 6.54 Å². The molecule has 1 heterocycles. The molecule has 1 aliphatic carbocycles. The summed E-state index contributed by atoms with van der Waals surface area (Å²) >= 11 is 0. The summed E-state index contributed by atoms with van der Waals surface area (Å²) in [6.07, 6.45) is 1.50. The Hall–Kier alpha value is -0.330. The maximum absolute atomic E-state index is 11.9. The van der Waals surface area contributed by atoms with Gasteiger partial charge in [-0.2, -0.15) is 0 Å². The Balaban J connectivity index is 1.76. The molecule has 0 bridgehead atoms. The number of halogens is 3. The van der Waals surface area contributed by atoms with Crippen molar-refractivity contribution in [2.45, 2.75) is 44.0 Å². The molecule has 0 amide bonds. The van der Waals surface area contributed by atoms with Crippen molar-refractivity contribution in [3.05, 3.63) is 0 Å². The zero-order chi connectivity index (χ0) is 13.1. The predicted octanol–water partition coefficient (Wildman–Crippen LogP) is 2.13. The van der Waals surface area contributed by atoms with Crippen LogP contribution in [0.2, 0.25) is 0 Å². The number of piperazine rings is 1. The highest BCUT2D eigenvalue weighted by Gasteiger charge is 2.36. The van der Waals surface area contributed by atoms with Crippen LogP contribution in [0.4, 0.5) is 13.2 Å². The molecule has 0 unspecified atom stereocenters. The number of hydrogen-bond donors (Lipinski definition) is 1. The number of hydrogen-bond acceptors (Lipinski definition) is 3. The molecule has 0 aromatic rings. The summed E-state index contributed by atoms with van der Waals surface area (Å²) in [5.41, 5.74) is 0.148. The van der Waals surface area contributed by atoms with Gasteiger partial charge in [-0.25, -0.2) is 0 Å². The lowest BCUT2D eigenvalue weighted by Crippen LogP contribution is -2.61. The largest absolute Gasteiger partial charge is 0.522 e. The van der Waals surface area contributed by atoms with Crippen LogP contribution in [0.1, 0.15) is 32.1 Å². The fourth-order valence-electron chi connectivity index (χ4n) is 3.09. The summed E-state index contributed by atoms with van der Waals surface area (Å²) in [5, 5.41) is 3.57. The number of nitrogens with one attached hydrogen (secondary N) is 1. The second-order valence-corrected chi connectivity index (χ2v) is 5.34. The first-order valence-electron chi connectivity index (χ1n) is 6.67. The molecule has 6 heteroatoms. The number of rotatable bonds is 3. The minimum Gasteiger partial charge on any atom is -0.309 e. The summed E-state index contributed by atoms with van der Waals surface area (Å²) in [6, 6.07) is 0. The second kappa shape index (κ2) is 5.75. The van der Waals surface area contributed by atoms with Gasteiger partial charge in [0.05, 0.1) is 6.61 Å². The van der Waals surface area contributed by atoms with Crippen LogP contribution in [0.5, 0.6) is 0 Å². The molecule has 2 fully saturated rings. The molecular weight excluding hydrogens is 245 g/mol. The van der Waals surface area contributed by atoms with Crippen LogP contribution in [-0.4, -0.2) is 49.6 Å². The minimum absolute atomic E-state index is 0.148. The first-order chi connectivity index (χ1) is 8.49. The Kier molecular flexibility index (Phi) is 4.50. The third kappa shape index (κ3) is 4.10. The summed E-state index contributed by atoms with van der Waals surface area (Å²) < 4.78 is 39.6. The monoisotopic (exact) mass is 266 g/mol. The van der Waals surface area contributed by atoms with Crippen molar-refractivity contribution >= 4 is 0 Å². The molecule has 0 aromatic heterocycles. The van der Waals surface area contributed by atoms with E-state index in [9.17, 15) is 13.2 Å². The maximum atomic E-state index is 11.9. The van der Waals surface area contributed by atoms with Gasteiger partial charge in [-0.1, -0.05) is 19.3 Å². The van der Waals surface area contributed by atoms with Crippen LogP contribution < -0.4 is 5.32 Å². The summed E-state index contributed by atoms with van der Waals surface area (Å²) in [5.74, 6) is 0. The molecule has 1 spiro atoms. The van der Waals surface area contributed by atoms with Crippen molar-refractivity contribution < 1.29 is 17.9 Å². The third-order valence-electron chi connectivity index (χ3n) is 3.94. The first kappa shape index (κ1) is 14.1. The van der Waals surface area contributed by atoms with E-state index in [1.807, 2.05) is 0 Å². The van der Waals surface area contributed by atoms with Gasteiger partial charge in [0.25, 0.3) is 0 Å². The van der Waals surface area contributed by atoms with Crippen LogP contribution in [0, 0.1) is 0 Å². The molecule has 0 aromatic carbocycles. The number of alkyl halides is 3. The molecule has 2 rings (SSSR count). The molecule has 3 nitrogen and oxygen atoms in total. The van der Waals surface area contributed by atoms with Gasteiger partial charge in [-0.3, -0.25) is 9.64 Å². The summed E-state index contributed by atoms with van der Waals surface area (Å²) in [6.45, 7) is 2.63. The van der Waals surface area contributed by atoms with Crippen LogP contribution in [0.3, 0.4) is 0 Å². The Labute approximate surface area is 106 Å². The van der Waals surface area contributed by atoms with Crippen molar-refractivity contribution in [1.82, 2.24) is 10.2 Å². The van der Waals surface area contributed by atoms with E-state index in [2.05, 4.69) is 15.0 Å². The standard InChI is InChI=1S/C12H21F3N2O/c13-12(14,15)18-9-8-17-7-6-16-11(10-17)4-2-1-3-5-11/h16H,1-10H2. The van der Waals surface area contributed by atoms with Crippen molar-refractivity contribution in [3.63, 3.8) is 0 Å². The van der Waals surface area contributed by atoms with Gasteiger partial charge in [0.1, 0.15) is 0 Å². The fraction of sp³-hybridized carbons (Fsp3) is 1.00. The van der Waals surface area contributed by atoms with Crippen LogP contribution >= 0.6 is 0 Å². The summed E-state index contributed by atoms with van der Waals surface area (Å²) in [4.78, 5) is 2.09. The highest BCUT2D eigenvalue weighted by molar-refractivity contribution is 4.96. The average molecular weight is 266 g/mol. The molecule has 18 heavy (non-hydrogen) atoms. The zero-order valence-corrected chi connectivity index (χ0v) is 10.6. The SMILES string of the molecule is FC(F)(F)OCCN1CCNC2(CCCCC2)C1. The van der Waals surface area contributed by atoms with Crippen molar-refractivity contribution in [2.24, 2.45) is 0 Å². The number of nitrogens with zero attached hydrogens (tertiary/aromatic N) is 1. The average Bonchev–Trinajstić information content (AvgIpc) is 2.28. The first-order valence-corrected chi connectivity index (χ1v) is 6.67. The molecular formula is C12H21F3N2O. The topological polar surface area (TPSA) is 24.5 Å². The van der Waals surface area contributed by atoms with Gasteiger partial charge < -0.3 is 5.32 Å². The normalized spacial score (nSPS) is 25.5. The third-order valence-corrected chi connectivity index (χ3v) is 3.94. The lowest BCUT2D eigenvalue weighted by Gasteiger charge is -2.46. The molecule has 1 N–H and O–H groups in total. The Bertz CT molecular complexity index is 259. The van der Waals surface area contributed by atoms with Crippen LogP contribution in [0.15, 0.2) is 0 Å². The quantitative estimate of drug-likeness (QED) is 0.847. The molecule has 1 aliphatic heterocycles. The number of ether oxygens (including phenoxy) is 1. The zero-order valence-electron chi connectivity index (χ0n) is 10.6. The molecule has 0 radical (unpaired) electrons. The fourth-order valence-corrected chi connectivity index (χ4v) is 3.09. The van der Waals surface area contributed by atoms with Gasteiger partial charge in [0.2, 0.25) is 0 Å².